The van der Waals surface area contributed by atoms with Crippen LogP contribution < -0.4 is 30.5 Å². The van der Waals surface area contributed by atoms with E-state index in [0.717, 1.165) is 22.6 Å². The van der Waals surface area contributed by atoms with Gasteiger partial charge in [-0.1, -0.05) is 85.7 Å². The zero-order valence-electron chi connectivity index (χ0n) is 34.0. The molecule has 5 atom stereocenters. The Morgan fingerprint density at radius 3 is 2.21 bits per heavy atom. The van der Waals surface area contributed by atoms with Gasteiger partial charge in [0.2, 0.25) is 25.0 Å². The molecule has 3 aliphatic rings. The van der Waals surface area contributed by atoms with Crippen molar-refractivity contribution < 1.29 is 32.1 Å². The van der Waals surface area contributed by atoms with Crippen LogP contribution in [0.3, 0.4) is 0 Å². The van der Waals surface area contributed by atoms with Gasteiger partial charge in [0.25, 0.3) is 15.9 Å². The lowest BCUT2D eigenvalue weighted by Gasteiger charge is -2.30. The SMILES string of the molecule is O=C1N[C@]2(C(=O)NP(=O)(c3ccccc3)c3ccccc3)CC2/C=C\CCCCC[C@H](NS(=O)(=O)c2cccs2)C(=O)N2C[C@H](Oc3nc4ccccc4nc3-c3cccs3)C[C@@H]12. The highest BCUT2D eigenvalue weighted by Gasteiger charge is 2.62. The molecule has 1 aliphatic carbocycles. The maximum Gasteiger partial charge on any atom is 0.252 e. The number of hydrogen-bond donors (Lipinski definition) is 3. The van der Waals surface area contributed by atoms with E-state index in [1.165, 1.54) is 22.3 Å². The number of carbonyl (C=O) groups is 3. The first-order valence-electron chi connectivity index (χ1n) is 20.9. The third kappa shape index (κ3) is 8.87. The Labute approximate surface area is 373 Å². The molecule has 1 saturated carbocycles. The molecule has 3 N–H and O–H groups in total. The van der Waals surface area contributed by atoms with Crippen LogP contribution in [0.15, 0.2) is 136 Å². The van der Waals surface area contributed by atoms with Gasteiger partial charge in [-0.15, -0.1) is 22.7 Å². The highest BCUT2D eigenvalue weighted by Crippen LogP contribution is 2.49. The zero-order valence-corrected chi connectivity index (χ0v) is 37.4. The molecule has 13 nitrogen and oxygen atoms in total. The van der Waals surface area contributed by atoms with Gasteiger partial charge in [0.1, 0.15) is 33.6 Å². The quantitative estimate of drug-likeness (QED) is 0.102. The number of nitrogens with zero attached hydrogens (tertiary/aromatic N) is 3. The monoisotopic (exact) mass is 920 g/mol. The van der Waals surface area contributed by atoms with Gasteiger partial charge in [-0.3, -0.25) is 24.0 Å². The fourth-order valence-corrected chi connectivity index (χ4v) is 13.6. The summed E-state index contributed by atoms with van der Waals surface area (Å²) in [6, 6.07) is 29.4. The molecule has 0 radical (unpaired) electrons. The van der Waals surface area contributed by atoms with Gasteiger partial charge in [0.15, 0.2) is 0 Å². The summed E-state index contributed by atoms with van der Waals surface area (Å²) >= 11 is 2.51. The number of allylic oxidation sites excluding steroid dienone is 1. The number of rotatable bonds is 10. The molecule has 2 fully saturated rings. The minimum atomic E-state index is -4.09. The Hall–Kier alpha value is -5.51. The lowest BCUT2D eigenvalue weighted by molar-refractivity contribution is -0.141. The van der Waals surface area contributed by atoms with Crippen molar-refractivity contribution in [1.82, 2.24) is 30.0 Å². The summed E-state index contributed by atoms with van der Waals surface area (Å²) in [5, 5.41) is 10.4. The summed E-state index contributed by atoms with van der Waals surface area (Å²) in [5.41, 5.74) is 0.289. The number of thiophene rings is 2. The van der Waals surface area contributed by atoms with E-state index in [2.05, 4.69) is 15.1 Å². The predicted molar refractivity (Wildman–Crippen MR) is 245 cm³/mol. The Bertz CT molecular complexity index is 2770. The number of nitrogens with one attached hydrogen (secondary N) is 3. The Morgan fingerprint density at radius 2 is 1.52 bits per heavy atom. The number of benzene rings is 3. The second kappa shape index (κ2) is 17.9. The van der Waals surface area contributed by atoms with Gasteiger partial charge in [-0.2, -0.15) is 4.72 Å². The normalized spacial score (nSPS) is 23.7. The van der Waals surface area contributed by atoms with Crippen LogP contribution in [0.2, 0.25) is 0 Å². The predicted octanol–water partition coefficient (Wildman–Crippen LogP) is 6.56. The molecular weight excluding hydrogens is 876 g/mol. The minimum absolute atomic E-state index is 0.00504. The molecule has 3 aromatic heterocycles. The third-order valence-corrected chi connectivity index (χ3v) is 18.1. The number of ether oxygens (including phenoxy) is 1. The molecule has 1 saturated heterocycles. The van der Waals surface area contributed by atoms with Crippen LogP contribution in [0.5, 0.6) is 5.88 Å². The van der Waals surface area contributed by atoms with E-state index in [1.54, 1.807) is 72.1 Å². The van der Waals surface area contributed by atoms with Gasteiger partial charge in [-0.25, -0.2) is 18.4 Å². The molecule has 6 aromatic rings. The molecule has 1 unspecified atom stereocenters. The van der Waals surface area contributed by atoms with E-state index < -0.39 is 64.7 Å². The molecule has 3 amide bonds. The molecule has 2 aliphatic heterocycles. The molecule has 9 rings (SSSR count). The van der Waals surface area contributed by atoms with Crippen molar-refractivity contribution in [3.05, 3.63) is 132 Å². The summed E-state index contributed by atoms with van der Waals surface area (Å²) in [7, 11) is -7.86. The fourth-order valence-electron chi connectivity index (χ4n) is 8.40. The van der Waals surface area contributed by atoms with E-state index in [9.17, 15) is 22.8 Å². The van der Waals surface area contributed by atoms with Gasteiger partial charge >= 0.3 is 0 Å². The van der Waals surface area contributed by atoms with Crippen LogP contribution in [0, 0.1) is 5.92 Å². The highest BCUT2D eigenvalue weighted by atomic mass is 32.2. The van der Waals surface area contributed by atoms with Gasteiger partial charge in [0.05, 0.1) is 22.5 Å². The first kappa shape index (κ1) is 42.8. The van der Waals surface area contributed by atoms with Crippen LogP contribution in [-0.4, -0.2) is 71.3 Å². The summed E-state index contributed by atoms with van der Waals surface area (Å²) in [5.74, 6) is -2.00. The van der Waals surface area contributed by atoms with E-state index in [1.807, 2.05) is 53.9 Å². The van der Waals surface area contributed by atoms with Crippen LogP contribution in [-0.2, 0) is 29.0 Å². The first-order valence-corrected chi connectivity index (χ1v) is 25.9. The van der Waals surface area contributed by atoms with Gasteiger partial charge < -0.3 is 15.0 Å². The average molecular weight is 921 g/mol. The van der Waals surface area contributed by atoms with Crippen LogP contribution in [0.1, 0.15) is 44.9 Å². The molecule has 5 heterocycles. The lowest BCUT2D eigenvalue weighted by Crippen LogP contribution is -2.57. The summed E-state index contributed by atoms with van der Waals surface area (Å²) in [6.45, 7) is -0.0771. The number of para-hydroxylation sites is 2. The van der Waals surface area contributed by atoms with Crippen molar-refractivity contribution >= 4 is 79.4 Å². The molecule has 17 heteroatoms. The Morgan fingerprint density at radius 1 is 0.841 bits per heavy atom. The zero-order chi connectivity index (χ0) is 43.6. The van der Waals surface area contributed by atoms with Gasteiger partial charge in [0, 0.05) is 22.9 Å². The number of aromatic nitrogens is 2. The molecule has 0 spiro atoms. The second-order valence-electron chi connectivity index (χ2n) is 16.0. The van der Waals surface area contributed by atoms with Crippen molar-refractivity contribution in [2.75, 3.05) is 6.54 Å². The lowest BCUT2D eigenvalue weighted by atomic mass is 10.1. The molecule has 324 valence electrons. The molecule has 3 aromatic carbocycles. The van der Waals surface area contributed by atoms with Crippen LogP contribution >= 0.6 is 30.0 Å². The highest BCUT2D eigenvalue weighted by molar-refractivity contribution is 7.91. The maximum absolute atomic E-state index is 15.1. The topological polar surface area (TPSA) is 177 Å². The third-order valence-electron chi connectivity index (χ3n) is 11.8. The number of amides is 3. The number of hydrogen-bond acceptors (Lipinski definition) is 11. The van der Waals surface area contributed by atoms with E-state index in [4.69, 9.17) is 14.7 Å². The number of fused-ring (bicyclic) bond motifs is 3. The van der Waals surface area contributed by atoms with Crippen molar-refractivity contribution in [3.63, 3.8) is 0 Å². The number of sulfonamides is 1. The molecule has 0 bridgehead atoms. The fraction of sp³-hybridized carbons (Fsp3) is 0.283. The standard InChI is InChI=1S/C46H45N6O7PS3/c53-42-38-28-32(59-43-41(39-24-14-26-61-39)47-35-21-12-13-22-36(35)48-43)30-52(38)44(54)37(51-63(57,58)40-25-15-27-62-40)23-11-3-1-2-6-16-31-29-46(31,49-42)45(55)50-60(56,33-17-7-4-8-18-33)34-19-9-5-10-20-34/h4-10,12-22,24-27,31-32,37-38,51H,1-3,11,23,28-30H2,(H,49,53)(H,50,55,56)/b16-6-/t31?,32-,37+,38+,46-/m1/s1. The largest absolute Gasteiger partial charge is 0.471 e. The van der Waals surface area contributed by atoms with E-state index in [0.29, 0.717) is 46.6 Å². The summed E-state index contributed by atoms with van der Waals surface area (Å²) in [6.07, 6.45) is 6.28. The van der Waals surface area contributed by atoms with Crippen LogP contribution in [0.4, 0.5) is 0 Å². The van der Waals surface area contributed by atoms with Crippen molar-refractivity contribution in [2.24, 2.45) is 5.92 Å². The molecular formula is C46H45N6O7PS3. The van der Waals surface area contributed by atoms with Crippen molar-refractivity contribution in [2.45, 2.75) is 72.9 Å². The summed E-state index contributed by atoms with van der Waals surface area (Å²) in [4.78, 5) is 56.5. The second-order valence-corrected chi connectivity index (χ2v) is 22.3. The molecule has 63 heavy (non-hydrogen) atoms. The van der Waals surface area contributed by atoms with E-state index in [-0.39, 0.29) is 35.9 Å². The van der Waals surface area contributed by atoms with Crippen molar-refractivity contribution in [1.29, 1.82) is 0 Å². The first-order chi connectivity index (χ1) is 30.5. The van der Waals surface area contributed by atoms with E-state index >= 15 is 4.57 Å². The summed E-state index contributed by atoms with van der Waals surface area (Å²) < 4.78 is 51.8. The minimum Gasteiger partial charge on any atom is -0.471 e. The van der Waals surface area contributed by atoms with Crippen LogP contribution in [0.25, 0.3) is 21.6 Å². The Kier molecular flexibility index (Phi) is 12.2. The number of carbonyl (C=O) groups excluding carboxylic acids is 3. The maximum atomic E-state index is 15.1. The van der Waals surface area contributed by atoms with Crippen molar-refractivity contribution in [3.8, 4) is 16.5 Å². The smallest absolute Gasteiger partial charge is 0.252 e. The average Bonchev–Trinajstić information content (AvgIpc) is 3.84. The Balaban J connectivity index is 1.07. The van der Waals surface area contributed by atoms with Gasteiger partial charge in [-0.05, 0) is 85.0 Å².